The SMILES string of the molecule is CN1C(=O)COc2ccc(N(CC3CC3)[C@H]3CC[C@@H](N(C)c4cc(=O)n(C)c5ccc(C#N)nc45)CC3)cc21. The van der Waals surface area contributed by atoms with Gasteiger partial charge in [-0.25, -0.2) is 4.98 Å². The Bertz CT molecular complexity index is 1530. The molecule has 6 rings (SSSR count). The summed E-state index contributed by atoms with van der Waals surface area (Å²) in [5, 5.41) is 9.41. The third-order valence-electron chi connectivity index (χ3n) is 8.73. The first kappa shape index (κ1) is 25.2. The van der Waals surface area contributed by atoms with Gasteiger partial charge >= 0.3 is 0 Å². The number of benzene rings is 1. The summed E-state index contributed by atoms with van der Waals surface area (Å²) in [5.74, 6) is 1.45. The average Bonchev–Trinajstić information content (AvgIpc) is 3.79. The van der Waals surface area contributed by atoms with E-state index in [0.717, 1.165) is 66.5 Å². The largest absolute Gasteiger partial charge is 0.482 e. The molecular weight excluding hydrogens is 492 g/mol. The van der Waals surface area contributed by atoms with Crippen LogP contribution in [0.15, 0.2) is 41.2 Å². The van der Waals surface area contributed by atoms with Crippen LogP contribution in [0.4, 0.5) is 17.1 Å². The molecule has 9 nitrogen and oxygen atoms in total. The summed E-state index contributed by atoms with van der Waals surface area (Å²) >= 11 is 0. The molecule has 0 saturated heterocycles. The molecule has 2 aliphatic carbocycles. The predicted molar refractivity (Wildman–Crippen MR) is 152 cm³/mol. The maximum atomic E-state index is 12.8. The highest BCUT2D eigenvalue weighted by molar-refractivity contribution is 5.98. The summed E-state index contributed by atoms with van der Waals surface area (Å²) in [5.41, 5.74) is 4.44. The summed E-state index contributed by atoms with van der Waals surface area (Å²) in [7, 11) is 5.59. The summed E-state index contributed by atoms with van der Waals surface area (Å²) < 4.78 is 7.25. The molecule has 2 fully saturated rings. The monoisotopic (exact) mass is 526 g/mol. The first-order valence-corrected chi connectivity index (χ1v) is 13.8. The first-order chi connectivity index (χ1) is 18.8. The maximum Gasteiger partial charge on any atom is 0.264 e. The number of ether oxygens (including phenoxy) is 1. The number of aromatic nitrogens is 2. The van der Waals surface area contributed by atoms with E-state index < -0.39 is 0 Å². The Kier molecular flexibility index (Phi) is 6.42. The fraction of sp³-hybridized carbons (Fsp3) is 0.467. The number of pyridine rings is 2. The van der Waals surface area contributed by atoms with E-state index in [1.807, 2.05) is 20.2 Å². The highest BCUT2D eigenvalue weighted by Gasteiger charge is 2.33. The maximum absolute atomic E-state index is 12.8. The van der Waals surface area contributed by atoms with Crippen LogP contribution in [0.2, 0.25) is 0 Å². The van der Waals surface area contributed by atoms with Gasteiger partial charge in [0.25, 0.3) is 11.5 Å². The van der Waals surface area contributed by atoms with Crippen LogP contribution in [-0.2, 0) is 11.8 Å². The van der Waals surface area contributed by atoms with Gasteiger partial charge < -0.3 is 24.0 Å². The van der Waals surface area contributed by atoms with Crippen molar-refractivity contribution in [1.82, 2.24) is 9.55 Å². The molecule has 3 aliphatic rings. The van der Waals surface area contributed by atoms with Crippen LogP contribution in [0.1, 0.15) is 44.2 Å². The van der Waals surface area contributed by atoms with Crippen molar-refractivity contribution in [3.63, 3.8) is 0 Å². The molecule has 1 aromatic carbocycles. The Morgan fingerprint density at radius 1 is 1.03 bits per heavy atom. The Labute approximate surface area is 228 Å². The zero-order valence-corrected chi connectivity index (χ0v) is 22.8. The number of fused-ring (bicyclic) bond motifs is 2. The predicted octanol–water partition coefficient (Wildman–Crippen LogP) is 3.82. The lowest BCUT2D eigenvalue weighted by atomic mass is 9.88. The van der Waals surface area contributed by atoms with Gasteiger partial charge in [0.1, 0.15) is 23.0 Å². The van der Waals surface area contributed by atoms with Crippen LogP contribution in [0, 0.1) is 17.2 Å². The summed E-state index contributed by atoms with van der Waals surface area (Å²) in [6.45, 7) is 1.12. The van der Waals surface area contributed by atoms with E-state index in [1.165, 1.54) is 12.8 Å². The minimum absolute atomic E-state index is 0.0309. The molecule has 1 aliphatic heterocycles. The molecule has 1 amide bonds. The van der Waals surface area contributed by atoms with Gasteiger partial charge in [0.2, 0.25) is 0 Å². The Balaban J connectivity index is 1.23. The zero-order chi connectivity index (χ0) is 27.3. The van der Waals surface area contributed by atoms with E-state index in [0.29, 0.717) is 17.3 Å². The quantitative estimate of drug-likeness (QED) is 0.482. The Morgan fingerprint density at radius 2 is 1.77 bits per heavy atom. The number of anilines is 3. The van der Waals surface area contributed by atoms with Crippen molar-refractivity contribution in [2.24, 2.45) is 13.0 Å². The van der Waals surface area contributed by atoms with Gasteiger partial charge in [-0.2, -0.15) is 5.26 Å². The van der Waals surface area contributed by atoms with Crippen LogP contribution in [0.5, 0.6) is 5.75 Å². The molecule has 0 atom stereocenters. The lowest BCUT2D eigenvalue weighted by Crippen LogP contribution is -2.44. The number of carbonyl (C=O) groups is 1. The van der Waals surface area contributed by atoms with Crippen molar-refractivity contribution in [1.29, 1.82) is 5.26 Å². The molecule has 0 radical (unpaired) electrons. The number of carbonyl (C=O) groups excluding carboxylic acids is 1. The minimum Gasteiger partial charge on any atom is -0.482 e. The molecule has 0 N–H and O–H groups in total. The van der Waals surface area contributed by atoms with Gasteiger partial charge in [0.15, 0.2) is 6.61 Å². The van der Waals surface area contributed by atoms with E-state index in [-0.39, 0.29) is 24.1 Å². The fourth-order valence-corrected chi connectivity index (χ4v) is 6.08. The van der Waals surface area contributed by atoms with Gasteiger partial charge in [0, 0.05) is 51.5 Å². The smallest absolute Gasteiger partial charge is 0.264 e. The van der Waals surface area contributed by atoms with Gasteiger partial charge in [-0.3, -0.25) is 9.59 Å². The number of nitriles is 1. The molecule has 39 heavy (non-hydrogen) atoms. The van der Waals surface area contributed by atoms with Gasteiger partial charge in [-0.05, 0) is 74.8 Å². The standard InChI is InChI=1S/C30H34N6O3/c1-33(26-15-28(37)34(2)24-12-6-20(16-31)32-30(24)26)21-7-9-22(10-8-21)36(17-19-4-5-19)23-11-13-27-25(14-23)35(3)29(38)18-39-27/h6,11-15,19,21-22H,4-5,7-10,17-18H2,1-3H3/t21-,22+. The van der Waals surface area contributed by atoms with Crippen molar-refractivity contribution >= 4 is 34.0 Å². The van der Waals surface area contributed by atoms with Crippen molar-refractivity contribution in [3.8, 4) is 11.8 Å². The first-order valence-electron chi connectivity index (χ1n) is 13.8. The molecule has 2 saturated carbocycles. The highest BCUT2D eigenvalue weighted by Crippen LogP contribution is 2.40. The third-order valence-corrected chi connectivity index (χ3v) is 8.73. The number of aryl methyl sites for hydroxylation is 1. The van der Waals surface area contributed by atoms with Gasteiger partial charge in [-0.15, -0.1) is 0 Å². The van der Waals surface area contributed by atoms with E-state index in [9.17, 15) is 14.9 Å². The molecule has 3 aromatic rings. The van der Waals surface area contributed by atoms with Crippen LogP contribution in [-0.4, -0.2) is 54.8 Å². The number of rotatable bonds is 6. The average molecular weight is 527 g/mol. The van der Waals surface area contributed by atoms with E-state index in [1.54, 1.807) is 34.7 Å². The molecule has 0 bridgehead atoms. The molecule has 202 valence electrons. The molecule has 9 heteroatoms. The number of amides is 1. The van der Waals surface area contributed by atoms with Crippen molar-refractivity contribution < 1.29 is 9.53 Å². The lowest BCUT2D eigenvalue weighted by Gasteiger charge is -2.42. The highest BCUT2D eigenvalue weighted by atomic mass is 16.5. The topological polar surface area (TPSA) is 94.7 Å². The summed E-state index contributed by atoms with van der Waals surface area (Å²) in [6, 6.07) is 14.2. The molecule has 3 heterocycles. The number of likely N-dealkylation sites (N-methyl/N-ethyl adjacent to an activating group) is 1. The third kappa shape index (κ3) is 4.69. The number of hydrogen-bond acceptors (Lipinski definition) is 7. The minimum atomic E-state index is -0.0833. The van der Waals surface area contributed by atoms with Crippen LogP contribution in [0.3, 0.4) is 0 Å². The second-order valence-electron chi connectivity index (χ2n) is 11.2. The zero-order valence-electron chi connectivity index (χ0n) is 22.8. The van der Waals surface area contributed by atoms with E-state index >= 15 is 0 Å². The Morgan fingerprint density at radius 3 is 2.49 bits per heavy atom. The normalized spacial score (nSPS) is 20.8. The molecule has 2 aromatic heterocycles. The second-order valence-corrected chi connectivity index (χ2v) is 11.2. The van der Waals surface area contributed by atoms with Gasteiger partial charge in [0.05, 0.1) is 16.9 Å². The van der Waals surface area contributed by atoms with Crippen LogP contribution in [0.25, 0.3) is 11.0 Å². The van der Waals surface area contributed by atoms with E-state index in [2.05, 4.69) is 33.0 Å². The second kappa shape index (κ2) is 9.92. The number of hydrogen-bond donors (Lipinski definition) is 0. The van der Waals surface area contributed by atoms with Gasteiger partial charge in [-0.1, -0.05) is 0 Å². The van der Waals surface area contributed by atoms with Crippen LogP contribution < -0.4 is 25.0 Å². The summed E-state index contributed by atoms with van der Waals surface area (Å²) in [6.07, 6.45) is 6.59. The molecular formula is C30H34N6O3. The van der Waals surface area contributed by atoms with E-state index in [4.69, 9.17) is 4.74 Å². The Hall–Kier alpha value is -4.06. The molecule has 0 spiro atoms. The molecule has 0 unspecified atom stereocenters. The van der Waals surface area contributed by atoms with Crippen molar-refractivity contribution in [3.05, 3.63) is 52.4 Å². The summed E-state index contributed by atoms with van der Waals surface area (Å²) in [4.78, 5) is 36.0. The number of nitrogens with zero attached hydrogens (tertiary/aromatic N) is 6. The lowest BCUT2D eigenvalue weighted by molar-refractivity contribution is -0.120. The fourth-order valence-electron chi connectivity index (χ4n) is 6.08. The van der Waals surface area contributed by atoms with Crippen molar-refractivity contribution in [2.45, 2.75) is 50.6 Å². The van der Waals surface area contributed by atoms with Crippen molar-refractivity contribution in [2.75, 3.05) is 41.9 Å². The van der Waals surface area contributed by atoms with Crippen LogP contribution >= 0.6 is 0 Å².